The maximum Gasteiger partial charge on any atom is 0.337 e. The molecule has 2 rings (SSSR count). The number of carboxylic acid groups (broad SMARTS) is 1. The molecular formula is C14H18ClNO2. The van der Waals surface area contributed by atoms with Crippen molar-refractivity contribution in [3.63, 3.8) is 0 Å². The molecule has 1 aromatic rings. The van der Waals surface area contributed by atoms with E-state index in [4.69, 9.17) is 16.7 Å². The van der Waals surface area contributed by atoms with Crippen molar-refractivity contribution >= 4 is 23.3 Å². The summed E-state index contributed by atoms with van der Waals surface area (Å²) in [6, 6.07) is 4.95. The summed E-state index contributed by atoms with van der Waals surface area (Å²) in [5.41, 5.74) is 0.903. The smallest absolute Gasteiger partial charge is 0.337 e. The molecular weight excluding hydrogens is 250 g/mol. The van der Waals surface area contributed by atoms with Crippen LogP contribution in [0.1, 0.15) is 36.5 Å². The van der Waals surface area contributed by atoms with Crippen molar-refractivity contribution in [2.45, 2.75) is 26.2 Å². The summed E-state index contributed by atoms with van der Waals surface area (Å²) in [5.74, 6) is 0.498. The van der Waals surface area contributed by atoms with Gasteiger partial charge in [-0.15, -0.1) is 0 Å². The standard InChI is InChI=1S/C14H18ClNO2/c1-9-2-3-10(6-9)8-16-13-5-4-11(15)7-12(13)14(17)18/h4-5,7,9-10,16H,2-3,6,8H2,1H3,(H,17,18). The second-order valence-corrected chi connectivity index (χ2v) is 5.60. The second-order valence-electron chi connectivity index (χ2n) is 5.16. The minimum Gasteiger partial charge on any atom is -0.478 e. The number of anilines is 1. The number of hydrogen-bond acceptors (Lipinski definition) is 2. The van der Waals surface area contributed by atoms with E-state index in [9.17, 15) is 4.79 Å². The van der Waals surface area contributed by atoms with Gasteiger partial charge < -0.3 is 10.4 Å². The van der Waals surface area contributed by atoms with E-state index in [2.05, 4.69) is 12.2 Å². The van der Waals surface area contributed by atoms with Gasteiger partial charge in [0.25, 0.3) is 0 Å². The molecule has 0 bridgehead atoms. The quantitative estimate of drug-likeness (QED) is 0.870. The Morgan fingerprint density at radius 2 is 2.28 bits per heavy atom. The van der Waals surface area contributed by atoms with Crippen LogP contribution < -0.4 is 5.32 Å². The van der Waals surface area contributed by atoms with E-state index in [1.54, 1.807) is 12.1 Å². The third kappa shape index (κ3) is 3.16. The number of halogens is 1. The molecule has 2 atom stereocenters. The van der Waals surface area contributed by atoms with Gasteiger partial charge in [-0.1, -0.05) is 24.9 Å². The molecule has 2 N–H and O–H groups in total. The summed E-state index contributed by atoms with van der Waals surface area (Å²) in [7, 11) is 0. The summed E-state index contributed by atoms with van der Waals surface area (Å²) in [4.78, 5) is 11.1. The number of rotatable bonds is 4. The molecule has 0 spiro atoms. The van der Waals surface area contributed by atoms with Gasteiger partial charge in [0.2, 0.25) is 0 Å². The zero-order valence-electron chi connectivity index (χ0n) is 10.4. The molecule has 98 valence electrons. The molecule has 1 aromatic carbocycles. The van der Waals surface area contributed by atoms with Crippen molar-refractivity contribution in [2.75, 3.05) is 11.9 Å². The van der Waals surface area contributed by atoms with E-state index in [-0.39, 0.29) is 5.56 Å². The fourth-order valence-corrected chi connectivity index (χ4v) is 2.78. The Hall–Kier alpha value is -1.22. The fraction of sp³-hybridized carbons (Fsp3) is 0.500. The second kappa shape index (κ2) is 5.61. The van der Waals surface area contributed by atoms with E-state index in [1.807, 2.05) is 0 Å². The summed E-state index contributed by atoms with van der Waals surface area (Å²) in [5, 5.41) is 12.8. The zero-order valence-corrected chi connectivity index (χ0v) is 11.2. The first-order valence-corrected chi connectivity index (χ1v) is 6.70. The highest BCUT2D eigenvalue weighted by Gasteiger charge is 2.21. The lowest BCUT2D eigenvalue weighted by Crippen LogP contribution is -2.14. The minimum absolute atomic E-state index is 0.244. The average Bonchev–Trinajstić information content (AvgIpc) is 2.73. The van der Waals surface area contributed by atoms with Crippen LogP contribution in [0, 0.1) is 11.8 Å². The normalized spacial score (nSPS) is 23.0. The van der Waals surface area contributed by atoms with E-state index in [0.29, 0.717) is 16.6 Å². The third-order valence-electron chi connectivity index (χ3n) is 3.60. The monoisotopic (exact) mass is 267 g/mol. The molecule has 1 saturated carbocycles. The lowest BCUT2D eigenvalue weighted by Gasteiger charge is -2.14. The van der Waals surface area contributed by atoms with Crippen LogP contribution in [0.5, 0.6) is 0 Å². The van der Waals surface area contributed by atoms with Crippen LogP contribution in [-0.2, 0) is 0 Å². The lowest BCUT2D eigenvalue weighted by molar-refractivity contribution is 0.0698. The topological polar surface area (TPSA) is 49.3 Å². The van der Waals surface area contributed by atoms with Gasteiger partial charge in [0.15, 0.2) is 0 Å². The van der Waals surface area contributed by atoms with Crippen molar-refractivity contribution in [3.05, 3.63) is 28.8 Å². The van der Waals surface area contributed by atoms with Crippen molar-refractivity contribution in [1.29, 1.82) is 0 Å². The Labute approximate surface area is 112 Å². The van der Waals surface area contributed by atoms with Crippen molar-refractivity contribution in [1.82, 2.24) is 0 Å². The van der Waals surface area contributed by atoms with Gasteiger partial charge in [-0.05, 0) is 42.9 Å². The van der Waals surface area contributed by atoms with E-state index < -0.39 is 5.97 Å². The number of nitrogens with one attached hydrogen (secondary N) is 1. The number of carbonyl (C=O) groups is 1. The van der Waals surface area contributed by atoms with Gasteiger partial charge in [-0.25, -0.2) is 4.79 Å². The van der Waals surface area contributed by atoms with Crippen molar-refractivity contribution in [2.24, 2.45) is 11.8 Å². The van der Waals surface area contributed by atoms with E-state index >= 15 is 0 Å². The molecule has 0 radical (unpaired) electrons. The SMILES string of the molecule is CC1CCC(CNc2ccc(Cl)cc2C(=O)O)C1. The molecule has 1 aliphatic carbocycles. The largest absolute Gasteiger partial charge is 0.478 e. The molecule has 0 saturated heterocycles. The van der Waals surface area contributed by atoms with Gasteiger partial charge in [-0.2, -0.15) is 0 Å². The highest BCUT2D eigenvalue weighted by Crippen LogP contribution is 2.31. The first-order valence-electron chi connectivity index (χ1n) is 6.33. The highest BCUT2D eigenvalue weighted by molar-refractivity contribution is 6.31. The van der Waals surface area contributed by atoms with E-state index in [0.717, 1.165) is 12.5 Å². The fourth-order valence-electron chi connectivity index (χ4n) is 2.61. The zero-order chi connectivity index (χ0) is 13.1. The molecule has 0 aromatic heterocycles. The first kappa shape index (κ1) is 13.2. The molecule has 2 unspecified atom stereocenters. The number of hydrogen-bond donors (Lipinski definition) is 2. The molecule has 3 nitrogen and oxygen atoms in total. The van der Waals surface area contributed by atoms with Gasteiger partial charge in [0.05, 0.1) is 5.56 Å². The van der Waals surface area contributed by atoms with Gasteiger partial charge in [0.1, 0.15) is 0 Å². The molecule has 18 heavy (non-hydrogen) atoms. The van der Waals surface area contributed by atoms with Crippen LogP contribution in [0.4, 0.5) is 5.69 Å². The summed E-state index contributed by atoms with van der Waals surface area (Å²) in [6.45, 7) is 3.11. The molecule has 4 heteroatoms. The number of benzene rings is 1. The first-order chi connectivity index (χ1) is 8.56. The summed E-state index contributed by atoms with van der Waals surface area (Å²) in [6.07, 6.45) is 3.73. The molecule has 1 aliphatic rings. The van der Waals surface area contributed by atoms with Crippen LogP contribution in [0.15, 0.2) is 18.2 Å². The third-order valence-corrected chi connectivity index (χ3v) is 3.83. The van der Waals surface area contributed by atoms with Gasteiger partial charge in [0, 0.05) is 17.3 Å². The van der Waals surface area contributed by atoms with Crippen LogP contribution in [-0.4, -0.2) is 17.6 Å². The summed E-state index contributed by atoms with van der Waals surface area (Å²) >= 11 is 5.82. The van der Waals surface area contributed by atoms with Crippen molar-refractivity contribution in [3.8, 4) is 0 Å². The summed E-state index contributed by atoms with van der Waals surface area (Å²) < 4.78 is 0. The average molecular weight is 268 g/mol. The Kier molecular flexibility index (Phi) is 4.12. The van der Waals surface area contributed by atoms with E-state index in [1.165, 1.54) is 25.3 Å². The molecule has 1 fully saturated rings. The van der Waals surface area contributed by atoms with Crippen LogP contribution in [0.2, 0.25) is 5.02 Å². The molecule has 0 aliphatic heterocycles. The molecule has 0 amide bonds. The predicted octanol–water partition coefficient (Wildman–Crippen LogP) is 3.89. The van der Waals surface area contributed by atoms with Crippen LogP contribution in [0.3, 0.4) is 0 Å². The highest BCUT2D eigenvalue weighted by atomic mass is 35.5. The minimum atomic E-state index is -0.945. The Bertz CT molecular complexity index is 447. The lowest BCUT2D eigenvalue weighted by atomic mass is 10.1. The predicted molar refractivity (Wildman–Crippen MR) is 73.4 cm³/mol. The Balaban J connectivity index is 2.02. The van der Waals surface area contributed by atoms with Gasteiger partial charge in [-0.3, -0.25) is 0 Å². The molecule has 0 heterocycles. The van der Waals surface area contributed by atoms with Crippen LogP contribution in [0.25, 0.3) is 0 Å². The van der Waals surface area contributed by atoms with Gasteiger partial charge >= 0.3 is 5.97 Å². The maximum absolute atomic E-state index is 11.1. The number of carboxylic acids is 1. The van der Waals surface area contributed by atoms with Crippen molar-refractivity contribution < 1.29 is 9.90 Å². The Morgan fingerprint density at radius 3 is 2.89 bits per heavy atom. The Morgan fingerprint density at radius 1 is 1.50 bits per heavy atom. The maximum atomic E-state index is 11.1. The van der Waals surface area contributed by atoms with Crippen LogP contribution >= 0.6 is 11.6 Å². The number of aromatic carboxylic acids is 1.